The van der Waals surface area contributed by atoms with Crippen LogP contribution >= 0.6 is 0 Å². The van der Waals surface area contributed by atoms with E-state index in [4.69, 9.17) is 5.11 Å². The second-order valence-corrected chi connectivity index (χ2v) is 4.86. The van der Waals surface area contributed by atoms with Gasteiger partial charge in [-0.15, -0.1) is 0 Å². The van der Waals surface area contributed by atoms with Crippen LogP contribution in [-0.4, -0.2) is 15.6 Å². The summed E-state index contributed by atoms with van der Waals surface area (Å²) in [6, 6.07) is 10.4. The Balaban J connectivity index is 2.49. The fourth-order valence-corrected chi connectivity index (χ4v) is 2.43. The number of hydrogen-bond acceptors (Lipinski definition) is 1. The van der Waals surface area contributed by atoms with Gasteiger partial charge in [-0.3, -0.25) is 0 Å². The Morgan fingerprint density at radius 3 is 2.70 bits per heavy atom. The Hall–Kier alpha value is -2.29. The highest BCUT2D eigenvalue weighted by atomic mass is 16.4. The van der Waals surface area contributed by atoms with Crippen LogP contribution in [0.5, 0.6) is 0 Å². The predicted molar refractivity (Wildman–Crippen MR) is 81.3 cm³/mol. The largest absolute Gasteiger partial charge is 0.478 e. The minimum atomic E-state index is -0.928. The van der Waals surface area contributed by atoms with Gasteiger partial charge in [0.25, 0.3) is 0 Å². The van der Waals surface area contributed by atoms with Crippen molar-refractivity contribution in [2.45, 2.75) is 27.2 Å². The molecule has 0 atom stereocenters. The van der Waals surface area contributed by atoms with Crippen molar-refractivity contribution < 1.29 is 9.90 Å². The number of carboxylic acid groups (broad SMARTS) is 1. The summed E-state index contributed by atoms with van der Waals surface area (Å²) >= 11 is 0. The standard InChI is InChI=1S/C17H19NO2/c1-4-14-6-5-7-16(11-14)18-12(2)10-15(13(18)3)8-9-17(19)20/h5-11H,4H2,1-3H3,(H,19,20). The van der Waals surface area contributed by atoms with Gasteiger partial charge in [0.05, 0.1) is 0 Å². The van der Waals surface area contributed by atoms with Crippen LogP contribution in [0.4, 0.5) is 0 Å². The van der Waals surface area contributed by atoms with E-state index in [0.717, 1.165) is 29.1 Å². The lowest BCUT2D eigenvalue weighted by molar-refractivity contribution is -0.131. The summed E-state index contributed by atoms with van der Waals surface area (Å²) in [5.41, 5.74) is 5.49. The lowest BCUT2D eigenvalue weighted by Crippen LogP contribution is -1.99. The quantitative estimate of drug-likeness (QED) is 0.859. The van der Waals surface area contributed by atoms with E-state index < -0.39 is 5.97 Å². The third-order valence-electron chi connectivity index (χ3n) is 3.45. The van der Waals surface area contributed by atoms with Crippen molar-refractivity contribution in [3.63, 3.8) is 0 Å². The number of rotatable bonds is 4. The fourth-order valence-electron chi connectivity index (χ4n) is 2.43. The first-order chi connectivity index (χ1) is 9.52. The summed E-state index contributed by atoms with van der Waals surface area (Å²) in [5.74, 6) is -0.928. The van der Waals surface area contributed by atoms with Crippen LogP contribution < -0.4 is 0 Å². The van der Waals surface area contributed by atoms with E-state index in [1.54, 1.807) is 6.08 Å². The predicted octanol–water partition coefficient (Wildman–Crippen LogP) is 3.75. The lowest BCUT2D eigenvalue weighted by atomic mass is 10.1. The number of benzene rings is 1. The number of nitrogens with zero attached hydrogens (tertiary/aromatic N) is 1. The number of aliphatic carboxylic acids is 1. The summed E-state index contributed by atoms with van der Waals surface area (Å²) in [4.78, 5) is 10.6. The molecule has 0 saturated carbocycles. The number of aryl methyl sites for hydroxylation is 2. The normalized spacial score (nSPS) is 11.2. The Kier molecular flexibility index (Phi) is 4.08. The van der Waals surface area contributed by atoms with Crippen molar-refractivity contribution >= 4 is 12.0 Å². The molecule has 2 rings (SSSR count). The molecule has 104 valence electrons. The number of aromatic nitrogens is 1. The molecule has 0 aliphatic rings. The molecule has 20 heavy (non-hydrogen) atoms. The summed E-state index contributed by atoms with van der Waals surface area (Å²) in [7, 11) is 0. The van der Waals surface area contributed by atoms with Crippen molar-refractivity contribution in [2.75, 3.05) is 0 Å². The highest BCUT2D eigenvalue weighted by Gasteiger charge is 2.09. The zero-order chi connectivity index (χ0) is 14.7. The molecule has 0 aliphatic carbocycles. The van der Waals surface area contributed by atoms with E-state index in [0.29, 0.717) is 0 Å². The first-order valence-electron chi connectivity index (χ1n) is 6.72. The maximum atomic E-state index is 10.6. The molecule has 1 aromatic carbocycles. The Morgan fingerprint density at radius 1 is 1.30 bits per heavy atom. The van der Waals surface area contributed by atoms with Gasteiger partial charge in [-0.1, -0.05) is 19.1 Å². The Morgan fingerprint density at radius 2 is 2.05 bits per heavy atom. The molecule has 0 radical (unpaired) electrons. The van der Waals surface area contributed by atoms with Crippen LogP contribution in [0, 0.1) is 13.8 Å². The molecule has 0 aliphatic heterocycles. The topological polar surface area (TPSA) is 42.2 Å². The second-order valence-electron chi connectivity index (χ2n) is 4.86. The average molecular weight is 269 g/mol. The third-order valence-corrected chi connectivity index (χ3v) is 3.45. The molecule has 2 aromatic rings. The molecular formula is C17H19NO2. The van der Waals surface area contributed by atoms with Crippen LogP contribution in [0.25, 0.3) is 11.8 Å². The monoisotopic (exact) mass is 269 g/mol. The molecule has 0 amide bonds. The number of hydrogen-bond donors (Lipinski definition) is 1. The average Bonchev–Trinajstić information content (AvgIpc) is 2.71. The minimum absolute atomic E-state index is 0.928. The summed E-state index contributed by atoms with van der Waals surface area (Å²) in [5, 5.41) is 8.73. The van der Waals surface area contributed by atoms with Gasteiger partial charge in [0.2, 0.25) is 0 Å². The van der Waals surface area contributed by atoms with Crippen molar-refractivity contribution in [2.24, 2.45) is 0 Å². The van der Waals surface area contributed by atoms with Gasteiger partial charge in [-0.25, -0.2) is 4.79 Å². The summed E-state index contributed by atoms with van der Waals surface area (Å²) < 4.78 is 2.15. The van der Waals surface area contributed by atoms with E-state index in [1.165, 1.54) is 11.6 Å². The Bertz CT molecular complexity index is 666. The minimum Gasteiger partial charge on any atom is -0.478 e. The maximum absolute atomic E-state index is 10.6. The lowest BCUT2D eigenvalue weighted by Gasteiger charge is -2.11. The second kappa shape index (κ2) is 5.78. The van der Waals surface area contributed by atoms with Crippen molar-refractivity contribution in [3.05, 3.63) is 58.9 Å². The maximum Gasteiger partial charge on any atom is 0.328 e. The van der Waals surface area contributed by atoms with Crippen molar-refractivity contribution in [1.29, 1.82) is 0 Å². The highest BCUT2D eigenvalue weighted by molar-refractivity contribution is 5.85. The van der Waals surface area contributed by atoms with Gasteiger partial charge < -0.3 is 9.67 Å². The molecule has 0 spiro atoms. The van der Waals surface area contributed by atoms with Crippen molar-refractivity contribution in [1.82, 2.24) is 4.57 Å². The number of carboxylic acids is 1. The van der Waals surface area contributed by atoms with Gasteiger partial charge in [0.15, 0.2) is 0 Å². The zero-order valence-electron chi connectivity index (χ0n) is 12.1. The number of carbonyl (C=O) groups is 1. The molecule has 0 unspecified atom stereocenters. The van der Waals surface area contributed by atoms with E-state index in [1.807, 2.05) is 19.9 Å². The molecule has 0 saturated heterocycles. The SMILES string of the molecule is CCc1cccc(-n2c(C)cc(C=CC(=O)O)c2C)c1. The van der Waals surface area contributed by atoms with E-state index in [9.17, 15) is 4.79 Å². The molecule has 1 heterocycles. The fraction of sp³-hybridized carbons (Fsp3) is 0.235. The highest BCUT2D eigenvalue weighted by Crippen LogP contribution is 2.22. The molecular weight excluding hydrogens is 250 g/mol. The third kappa shape index (κ3) is 2.82. The Labute approximate surface area is 119 Å². The summed E-state index contributed by atoms with van der Waals surface area (Å²) in [6.07, 6.45) is 3.82. The molecule has 0 fully saturated rings. The van der Waals surface area contributed by atoms with Crippen LogP contribution in [0.1, 0.15) is 29.4 Å². The molecule has 3 heteroatoms. The first kappa shape index (κ1) is 14.1. The van der Waals surface area contributed by atoms with E-state index >= 15 is 0 Å². The van der Waals surface area contributed by atoms with Gasteiger partial charge in [-0.05, 0) is 55.7 Å². The van der Waals surface area contributed by atoms with E-state index in [-0.39, 0.29) is 0 Å². The molecule has 0 bridgehead atoms. The van der Waals surface area contributed by atoms with Crippen LogP contribution in [0.15, 0.2) is 36.4 Å². The van der Waals surface area contributed by atoms with E-state index in [2.05, 4.69) is 35.8 Å². The zero-order valence-corrected chi connectivity index (χ0v) is 12.1. The van der Waals surface area contributed by atoms with Gasteiger partial charge in [0, 0.05) is 23.2 Å². The summed E-state index contributed by atoms with van der Waals surface area (Å²) in [6.45, 7) is 6.17. The molecule has 1 aromatic heterocycles. The van der Waals surface area contributed by atoms with Crippen LogP contribution in [0.2, 0.25) is 0 Å². The molecule has 3 nitrogen and oxygen atoms in total. The van der Waals surface area contributed by atoms with Crippen molar-refractivity contribution in [3.8, 4) is 5.69 Å². The molecule has 1 N–H and O–H groups in total. The smallest absolute Gasteiger partial charge is 0.328 e. The first-order valence-corrected chi connectivity index (χ1v) is 6.72. The van der Waals surface area contributed by atoms with Crippen LogP contribution in [0.3, 0.4) is 0 Å². The van der Waals surface area contributed by atoms with Gasteiger partial charge in [0.1, 0.15) is 0 Å². The van der Waals surface area contributed by atoms with Crippen LogP contribution in [-0.2, 0) is 11.2 Å². The van der Waals surface area contributed by atoms with Gasteiger partial charge in [-0.2, -0.15) is 0 Å². The van der Waals surface area contributed by atoms with Gasteiger partial charge >= 0.3 is 5.97 Å².